The molecule has 0 bridgehead atoms. The highest BCUT2D eigenvalue weighted by molar-refractivity contribution is 6.00. The molecule has 2 rings (SSSR count). The third kappa shape index (κ3) is 5.09. The number of carbonyl (C=O) groups is 2. The van der Waals surface area contributed by atoms with Gasteiger partial charge in [-0.1, -0.05) is 42.0 Å². The van der Waals surface area contributed by atoms with Gasteiger partial charge in [0.2, 0.25) is 0 Å². The van der Waals surface area contributed by atoms with Gasteiger partial charge in [-0.3, -0.25) is 4.79 Å². The average molecular weight is 354 g/mol. The summed E-state index contributed by atoms with van der Waals surface area (Å²) >= 11 is 0. The Morgan fingerprint density at radius 2 is 1.77 bits per heavy atom. The maximum absolute atomic E-state index is 12.8. The fourth-order valence-corrected chi connectivity index (χ4v) is 2.63. The Labute approximate surface area is 154 Å². The van der Waals surface area contributed by atoms with E-state index in [0.29, 0.717) is 17.9 Å². The van der Waals surface area contributed by atoms with Crippen LogP contribution in [0.4, 0.5) is 5.69 Å². The van der Waals surface area contributed by atoms with Crippen LogP contribution in [0.2, 0.25) is 0 Å². The van der Waals surface area contributed by atoms with Crippen molar-refractivity contribution in [3.8, 4) is 0 Å². The van der Waals surface area contributed by atoms with Crippen LogP contribution in [0.1, 0.15) is 48.3 Å². The summed E-state index contributed by atoms with van der Waals surface area (Å²) in [7, 11) is 0. The molecule has 0 saturated heterocycles. The molecule has 0 spiro atoms. The highest BCUT2D eigenvalue weighted by atomic mass is 16.5. The van der Waals surface area contributed by atoms with Crippen LogP contribution in [-0.4, -0.2) is 24.5 Å². The molecule has 1 amide bonds. The molecular weight excluding hydrogens is 328 g/mol. The van der Waals surface area contributed by atoms with E-state index in [9.17, 15) is 9.59 Å². The number of esters is 1. The second-order valence-corrected chi connectivity index (χ2v) is 6.27. The summed E-state index contributed by atoms with van der Waals surface area (Å²) < 4.78 is 5.02. The number of hydrogen-bond acceptors (Lipinski definition) is 4. The molecule has 0 aliphatic rings. The number of aryl methyl sites for hydroxylation is 1. The number of carbonyl (C=O) groups excluding carboxylic acids is 2. The van der Waals surface area contributed by atoms with Crippen LogP contribution in [-0.2, 0) is 9.53 Å². The summed E-state index contributed by atoms with van der Waals surface area (Å²) in [4.78, 5) is 24.7. The number of ether oxygens (including phenoxy) is 1. The number of amides is 1. The maximum Gasteiger partial charge on any atom is 0.328 e. The lowest BCUT2D eigenvalue weighted by atomic mass is 10.1. The molecule has 2 aromatic rings. The predicted molar refractivity (Wildman–Crippen MR) is 103 cm³/mol. The molecule has 0 heterocycles. The summed E-state index contributed by atoms with van der Waals surface area (Å²) in [5.74, 6) is -0.541. The summed E-state index contributed by atoms with van der Waals surface area (Å²) in [5, 5.41) is 6.09. The Hall–Kier alpha value is -2.82. The Morgan fingerprint density at radius 1 is 1.08 bits per heavy atom. The molecule has 5 heteroatoms. The van der Waals surface area contributed by atoms with Gasteiger partial charge in [-0.15, -0.1) is 0 Å². The van der Waals surface area contributed by atoms with E-state index in [1.807, 2.05) is 62.4 Å². The van der Waals surface area contributed by atoms with Crippen molar-refractivity contribution in [2.24, 2.45) is 0 Å². The van der Waals surface area contributed by atoms with Gasteiger partial charge in [0, 0.05) is 5.69 Å². The van der Waals surface area contributed by atoms with Gasteiger partial charge in [-0.2, -0.15) is 0 Å². The van der Waals surface area contributed by atoms with Crippen LogP contribution >= 0.6 is 0 Å². The molecule has 0 radical (unpaired) electrons. The van der Waals surface area contributed by atoms with Crippen molar-refractivity contribution in [1.82, 2.24) is 5.32 Å². The zero-order valence-electron chi connectivity index (χ0n) is 15.7. The van der Waals surface area contributed by atoms with Gasteiger partial charge in [-0.25, -0.2) is 4.79 Å². The van der Waals surface area contributed by atoms with E-state index in [2.05, 4.69) is 10.6 Å². The van der Waals surface area contributed by atoms with E-state index in [-0.39, 0.29) is 17.9 Å². The zero-order chi connectivity index (χ0) is 19.1. The number of nitrogens with one attached hydrogen (secondary N) is 2. The first-order valence-electron chi connectivity index (χ1n) is 8.82. The summed E-state index contributed by atoms with van der Waals surface area (Å²) in [6.07, 6.45) is 0. The third-order valence-corrected chi connectivity index (χ3v) is 4.08. The lowest BCUT2D eigenvalue weighted by molar-refractivity contribution is -0.143. The van der Waals surface area contributed by atoms with E-state index in [1.165, 1.54) is 0 Å². The standard InChI is InChI=1S/C21H26N2O3/c1-5-26-21(25)16(4)22-19-12-11-14(2)13-18(19)20(24)23-15(3)17-9-7-6-8-10-17/h6-13,15-16,22H,5H2,1-4H3,(H,23,24)/t15-,16-/m0/s1. The number of hydrogen-bond donors (Lipinski definition) is 2. The maximum atomic E-state index is 12.8. The van der Waals surface area contributed by atoms with E-state index >= 15 is 0 Å². The average Bonchev–Trinajstić information content (AvgIpc) is 2.63. The number of anilines is 1. The second kappa shape index (κ2) is 9.04. The highest BCUT2D eigenvalue weighted by Crippen LogP contribution is 2.20. The minimum absolute atomic E-state index is 0.125. The molecule has 0 fully saturated rings. The van der Waals surface area contributed by atoms with Crippen molar-refractivity contribution in [2.45, 2.75) is 39.8 Å². The van der Waals surface area contributed by atoms with Crippen molar-refractivity contribution in [3.63, 3.8) is 0 Å². The van der Waals surface area contributed by atoms with Gasteiger partial charge in [-0.05, 0) is 45.4 Å². The monoisotopic (exact) mass is 354 g/mol. The van der Waals surface area contributed by atoms with Crippen LogP contribution < -0.4 is 10.6 Å². The molecule has 0 aliphatic carbocycles. The smallest absolute Gasteiger partial charge is 0.328 e. The van der Waals surface area contributed by atoms with Crippen molar-refractivity contribution in [3.05, 3.63) is 65.2 Å². The molecular formula is C21H26N2O3. The van der Waals surface area contributed by atoms with E-state index in [0.717, 1.165) is 11.1 Å². The fraction of sp³-hybridized carbons (Fsp3) is 0.333. The Morgan fingerprint density at radius 3 is 2.42 bits per heavy atom. The second-order valence-electron chi connectivity index (χ2n) is 6.27. The van der Waals surface area contributed by atoms with Gasteiger partial charge in [0.05, 0.1) is 18.2 Å². The topological polar surface area (TPSA) is 67.4 Å². The lowest BCUT2D eigenvalue weighted by Gasteiger charge is -2.19. The van der Waals surface area contributed by atoms with Crippen molar-refractivity contribution in [1.29, 1.82) is 0 Å². The van der Waals surface area contributed by atoms with E-state index in [4.69, 9.17) is 4.74 Å². The molecule has 2 N–H and O–H groups in total. The molecule has 26 heavy (non-hydrogen) atoms. The quantitative estimate of drug-likeness (QED) is 0.741. The van der Waals surface area contributed by atoms with Crippen LogP contribution in [0.25, 0.3) is 0 Å². The van der Waals surface area contributed by atoms with Gasteiger partial charge in [0.25, 0.3) is 5.91 Å². The van der Waals surface area contributed by atoms with Crippen molar-refractivity contribution >= 4 is 17.6 Å². The van der Waals surface area contributed by atoms with Gasteiger partial charge >= 0.3 is 5.97 Å². The predicted octanol–water partition coefficient (Wildman–Crippen LogP) is 3.85. The summed E-state index contributed by atoms with van der Waals surface area (Å²) in [6.45, 7) is 7.67. The zero-order valence-corrected chi connectivity index (χ0v) is 15.7. The van der Waals surface area contributed by atoms with Crippen LogP contribution in [0.3, 0.4) is 0 Å². The van der Waals surface area contributed by atoms with Crippen LogP contribution in [0.5, 0.6) is 0 Å². The molecule has 0 saturated carbocycles. The molecule has 138 valence electrons. The molecule has 2 aromatic carbocycles. The first-order valence-corrected chi connectivity index (χ1v) is 8.82. The molecule has 0 unspecified atom stereocenters. The lowest BCUT2D eigenvalue weighted by Crippen LogP contribution is -2.31. The largest absolute Gasteiger partial charge is 0.464 e. The Kier molecular flexibility index (Phi) is 6.78. The number of benzene rings is 2. The first-order chi connectivity index (χ1) is 12.4. The number of rotatable bonds is 7. The van der Waals surface area contributed by atoms with Crippen molar-refractivity contribution < 1.29 is 14.3 Å². The molecule has 0 aliphatic heterocycles. The van der Waals surface area contributed by atoms with Crippen molar-refractivity contribution in [2.75, 3.05) is 11.9 Å². The molecule has 0 aromatic heterocycles. The molecule has 2 atom stereocenters. The van der Waals surface area contributed by atoms with Crippen LogP contribution in [0, 0.1) is 6.92 Å². The van der Waals surface area contributed by atoms with Crippen LogP contribution in [0.15, 0.2) is 48.5 Å². The third-order valence-electron chi connectivity index (χ3n) is 4.08. The van der Waals surface area contributed by atoms with E-state index < -0.39 is 6.04 Å². The highest BCUT2D eigenvalue weighted by Gasteiger charge is 2.19. The first kappa shape index (κ1) is 19.5. The fourth-order valence-electron chi connectivity index (χ4n) is 2.63. The minimum atomic E-state index is -0.546. The summed E-state index contributed by atoms with van der Waals surface area (Å²) in [6, 6.07) is 14.6. The minimum Gasteiger partial charge on any atom is -0.464 e. The van der Waals surface area contributed by atoms with E-state index in [1.54, 1.807) is 13.8 Å². The van der Waals surface area contributed by atoms with Gasteiger partial charge < -0.3 is 15.4 Å². The van der Waals surface area contributed by atoms with Gasteiger partial charge in [0.15, 0.2) is 0 Å². The normalized spacial score (nSPS) is 12.8. The van der Waals surface area contributed by atoms with Gasteiger partial charge in [0.1, 0.15) is 6.04 Å². The SMILES string of the molecule is CCOC(=O)[C@H](C)Nc1ccc(C)cc1C(=O)N[C@@H](C)c1ccccc1. The Bertz CT molecular complexity index is 759. The molecule has 5 nitrogen and oxygen atoms in total. The summed E-state index contributed by atoms with van der Waals surface area (Å²) in [5.41, 5.74) is 3.11. The Balaban J connectivity index is 2.18.